The van der Waals surface area contributed by atoms with Crippen molar-refractivity contribution in [3.05, 3.63) is 65.4 Å². The number of pyridine rings is 1. The summed E-state index contributed by atoms with van der Waals surface area (Å²) >= 11 is 6.34. The Balaban J connectivity index is 1.45. The molecule has 1 aliphatic heterocycles. The van der Waals surface area contributed by atoms with Gasteiger partial charge in [-0.15, -0.1) is 0 Å². The van der Waals surface area contributed by atoms with Crippen molar-refractivity contribution in [2.75, 3.05) is 18.9 Å². The summed E-state index contributed by atoms with van der Waals surface area (Å²) in [6.45, 7) is 5.47. The van der Waals surface area contributed by atoms with E-state index in [-0.39, 0.29) is 31.2 Å². The van der Waals surface area contributed by atoms with Crippen molar-refractivity contribution >= 4 is 46.0 Å². The maximum atomic E-state index is 12.9. The molecule has 2 N–H and O–H groups in total. The van der Waals surface area contributed by atoms with Gasteiger partial charge in [-0.1, -0.05) is 35.9 Å². The lowest BCUT2D eigenvalue weighted by atomic mass is 10.1. The molecule has 0 aliphatic carbocycles. The minimum absolute atomic E-state index is 0.0652. The molecular formula is C28H31ClN4O5. The predicted octanol–water partition coefficient (Wildman–Crippen LogP) is 4.57. The second-order valence-corrected chi connectivity index (χ2v) is 10.6. The third kappa shape index (κ3) is 6.72. The minimum atomic E-state index is -0.724. The smallest absolute Gasteiger partial charge is 0.411 e. The first-order valence-corrected chi connectivity index (χ1v) is 12.7. The van der Waals surface area contributed by atoms with E-state index in [1.165, 1.54) is 11.9 Å². The molecule has 2 heterocycles. The summed E-state index contributed by atoms with van der Waals surface area (Å²) in [7, 11) is 1.52. The fourth-order valence-electron chi connectivity index (χ4n) is 4.40. The first kappa shape index (κ1) is 27.2. The average Bonchev–Trinajstić information content (AvgIpc) is 3.26. The zero-order valence-electron chi connectivity index (χ0n) is 21.8. The molecule has 10 heteroatoms. The van der Waals surface area contributed by atoms with Crippen molar-refractivity contribution < 1.29 is 23.9 Å². The van der Waals surface area contributed by atoms with Crippen LogP contribution in [0.1, 0.15) is 32.8 Å². The van der Waals surface area contributed by atoms with Crippen molar-refractivity contribution in [2.45, 2.75) is 51.4 Å². The molecule has 0 unspecified atom stereocenters. The number of carbonyl (C=O) groups excluding carboxylic acids is 3. The van der Waals surface area contributed by atoms with Crippen molar-refractivity contribution in [3.63, 3.8) is 0 Å². The van der Waals surface area contributed by atoms with Gasteiger partial charge in [0, 0.05) is 35.5 Å². The van der Waals surface area contributed by atoms with Gasteiger partial charge in [-0.25, -0.2) is 4.79 Å². The third-order valence-electron chi connectivity index (χ3n) is 5.98. The highest BCUT2D eigenvalue weighted by Gasteiger charge is 2.42. The van der Waals surface area contributed by atoms with Gasteiger partial charge in [0.25, 0.3) is 0 Å². The largest absolute Gasteiger partial charge is 0.488 e. The van der Waals surface area contributed by atoms with Crippen LogP contribution in [0.3, 0.4) is 0 Å². The summed E-state index contributed by atoms with van der Waals surface area (Å²) in [6.07, 6.45) is 2.67. The fraction of sp³-hybridized carbons (Fsp3) is 0.357. The highest BCUT2D eigenvalue weighted by Crippen LogP contribution is 2.28. The zero-order chi connectivity index (χ0) is 27.4. The Morgan fingerprint density at radius 2 is 1.89 bits per heavy atom. The molecule has 0 spiro atoms. The summed E-state index contributed by atoms with van der Waals surface area (Å²) < 4.78 is 11.6. The summed E-state index contributed by atoms with van der Waals surface area (Å²) in [5, 5.41) is 7.74. The lowest BCUT2D eigenvalue weighted by Crippen LogP contribution is -2.46. The van der Waals surface area contributed by atoms with Gasteiger partial charge in [0.15, 0.2) is 0 Å². The highest BCUT2D eigenvalue weighted by molar-refractivity contribution is 6.30. The SMILES string of the molecule is CNC(=O)[C@H]1C[C@H](Oc2cc(Cl)cc(CC(=O)Nc3cncc4ccccc34)c2)CN1C(=O)OC(C)(C)C. The second-order valence-electron chi connectivity index (χ2n) is 10.2. The van der Waals surface area contributed by atoms with E-state index in [1.807, 2.05) is 24.3 Å². The number of likely N-dealkylation sites (N-methyl/N-ethyl adjacent to an activating group) is 1. The molecule has 9 nitrogen and oxygen atoms in total. The van der Waals surface area contributed by atoms with E-state index in [9.17, 15) is 14.4 Å². The summed E-state index contributed by atoms with van der Waals surface area (Å²) in [5.41, 5.74) is 0.580. The lowest BCUT2D eigenvalue weighted by Gasteiger charge is -2.27. The van der Waals surface area contributed by atoms with Gasteiger partial charge in [0.1, 0.15) is 23.5 Å². The van der Waals surface area contributed by atoms with Gasteiger partial charge in [-0.2, -0.15) is 0 Å². The number of anilines is 1. The molecule has 1 saturated heterocycles. The number of aromatic nitrogens is 1. The minimum Gasteiger partial charge on any atom is -0.488 e. The fourth-order valence-corrected chi connectivity index (χ4v) is 4.65. The van der Waals surface area contributed by atoms with Crippen molar-refractivity contribution in [2.24, 2.45) is 0 Å². The quantitative estimate of drug-likeness (QED) is 0.475. The van der Waals surface area contributed by atoms with E-state index in [2.05, 4.69) is 15.6 Å². The Morgan fingerprint density at radius 3 is 2.63 bits per heavy atom. The number of amides is 3. The van der Waals surface area contributed by atoms with E-state index in [0.29, 0.717) is 22.0 Å². The van der Waals surface area contributed by atoms with Crippen LogP contribution in [-0.4, -0.2) is 59.1 Å². The number of rotatable bonds is 6. The highest BCUT2D eigenvalue weighted by atomic mass is 35.5. The summed E-state index contributed by atoms with van der Waals surface area (Å²) in [4.78, 5) is 43.6. The zero-order valence-corrected chi connectivity index (χ0v) is 22.5. The molecule has 1 aromatic heterocycles. The third-order valence-corrected chi connectivity index (χ3v) is 6.20. The number of fused-ring (bicyclic) bond motifs is 1. The summed E-state index contributed by atoms with van der Waals surface area (Å²) in [6, 6.07) is 12.0. The molecule has 3 aromatic rings. The topological polar surface area (TPSA) is 110 Å². The molecule has 0 saturated carbocycles. The molecule has 3 amide bonds. The Bertz CT molecular complexity index is 1350. The molecule has 200 valence electrons. The molecule has 2 aromatic carbocycles. The monoisotopic (exact) mass is 538 g/mol. The normalized spacial score (nSPS) is 17.2. The number of nitrogens with zero attached hydrogens (tertiary/aromatic N) is 2. The Hall–Kier alpha value is -3.85. The van der Waals surface area contributed by atoms with Gasteiger partial charge in [-0.3, -0.25) is 19.5 Å². The number of nitrogens with one attached hydrogen (secondary N) is 2. The van der Waals surface area contributed by atoms with Crippen molar-refractivity contribution in [1.29, 1.82) is 0 Å². The van der Waals surface area contributed by atoms with E-state index >= 15 is 0 Å². The van der Waals surface area contributed by atoms with Crippen LogP contribution >= 0.6 is 11.6 Å². The number of hydrogen-bond acceptors (Lipinski definition) is 6. The number of benzene rings is 2. The summed E-state index contributed by atoms with van der Waals surface area (Å²) in [5.74, 6) is -0.0832. The average molecular weight is 539 g/mol. The van der Waals surface area contributed by atoms with Crippen molar-refractivity contribution in [1.82, 2.24) is 15.2 Å². The number of halogens is 1. The molecule has 0 bridgehead atoms. The second kappa shape index (κ2) is 11.3. The first-order chi connectivity index (χ1) is 18.0. The Kier molecular flexibility index (Phi) is 8.06. The number of carbonyl (C=O) groups is 3. The van der Waals surface area contributed by atoms with Crippen LogP contribution in [0.25, 0.3) is 10.8 Å². The molecule has 4 rings (SSSR count). The Labute approximate surface area is 226 Å². The van der Waals surface area contributed by atoms with Gasteiger partial charge < -0.3 is 20.1 Å². The van der Waals surface area contributed by atoms with Crippen LogP contribution in [0, 0.1) is 0 Å². The lowest BCUT2D eigenvalue weighted by molar-refractivity contribution is -0.125. The molecule has 1 aliphatic rings. The maximum absolute atomic E-state index is 12.9. The molecule has 1 fully saturated rings. The number of hydrogen-bond donors (Lipinski definition) is 2. The molecule has 0 radical (unpaired) electrons. The van der Waals surface area contributed by atoms with E-state index in [0.717, 1.165) is 10.8 Å². The number of likely N-dealkylation sites (tertiary alicyclic amines) is 1. The van der Waals surface area contributed by atoms with Crippen molar-refractivity contribution in [3.8, 4) is 5.75 Å². The molecule has 38 heavy (non-hydrogen) atoms. The van der Waals surface area contributed by atoms with Crippen LogP contribution in [0.4, 0.5) is 10.5 Å². The van der Waals surface area contributed by atoms with Gasteiger partial charge in [0.2, 0.25) is 11.8 Å². The Morgan fingerprint density at radius 1 is 1.13 bits per heavy atom. The van der Waals surface area contributed by atoms with E-state index in [4.69, 9.17) is 21.1 Å². The van der Waals surface area contributed by atoms with Gasteiger partial charge in [0.05, 0.1) is 24.8 Å². The van der Waals surface area contributed by atoms with Crippen LogP contribution in [0.2, 0.25) is 5.02 Å². The predicted molar refractivity (Wildman–Crippen MR) is 145 cm³/mol. The standard InChI is InChI=1S/C28H31ClN4O5/c1-28(2,3)38-27(36)33-16-21(13-24(33)26(35)30-4)37-20-10-17(9-19(29)12-20)11-25(34)32-23-15-31-14-18-7-5-6-8-22(18)23/h5-10,12,14-15,21,24H,11,13,16H2,1-4H3,(H,30,35)(H,32,34)/t21-,24+/m0/s1. The van der Waals surface area contributed by atoms with Crippen LogP contribution in [-0.2, 0) is 20.7 Å². The number of ether oxygens (including phenoxy) is 2. The van der Waals surface area contributed by atoms with Crippen LogP contribution in [0.5, 0.6) is 5.75 Å². The maximum Gasteiger partial charge on any atom is 0.411 e. The first-order valence-electron chi connectivity index (χ1n) is 12.3. The molecular weight excluding hydrogens is 508 g/mol. The van der Waals surface area contributed by atoms with E-state index in [1.54, 1.807) is 51.4 Å². The van der Waals surface area contributed by atoms with Crippen LogP contribution in [0.15, 0.2) is 54.9 Å². The van der Waals surface area contributed by atoms with E-state index < -0.39 is 23.8 Å². The van der Waals surface area contributed by atoms with Crippen LogP contribution < -0.4 is 15.4 Å². The van der Waals surface area contributed by atoms with Gasteiger partial charge >= 0.3 is 6.09 Å². The molecule has 2 atom stereocenters. The van der Waals surface area contributed by atoms with Gasteiger partial charge in [-0.05, 0) is 44.5 Å².